The van der Waals surface area contributed by atoms with Crippen molar-refractivity contribution in [1.29, 1.82) is 0 Å². The Bertz CT molecular complexity index is 619. The number of aryl methyl sites for hydroxylation is 1. The summed E-state index contributed by atoms with van der Waals surface area (Å²) in [6.45, 7) is 17.4. The lowest BCUT2D eigenvalue weighted by molar-refractivity contribution is 0.162. The molecule has 1 N–H and O–H groups in total. The van der Waals surface area contributed by atoms with Crippen LogP contribution < -0.4 is 5.32 Å². The summed E-state index contributed by atoms with van der Waals surface area (Å²) in [5.41, 5.74) is 2.47. The van der Waals surface area contributed by atoms with Gasteiger partial charge < -0.3 is 15.1 Å². The van der Waals surface area contributed by atoms with Crippen molar-refractivity contribution in [1.82, 2.24) is 24.9 Å². The van der Waals surface area contributed by atoms with Crippen molar-refractivity contribution in [3.63, 3.8) is 0 Å². The topological polar surface area (TPSA) is 48.7 Å². The molecular weight excluding hydrogens is 348 g/mol. The van der Waals surface area contributed by atoms with E-state index in [0.717, 1.165) is 31.5 Å². The molecule has 1 fully saturated rings. The average molecular weight is 391 g/mol. The lowest BCUT2D eigenvalue weighted by atomic mass is 9.97. The first-order valence-electron chi connectivity index (χ1n) is 11.0. The SMILES string of the molecule is CCNC(=NCC1CCCN(CC(C)C)C1)N(C)Cc1cn(C)nc1C(C)C. The minimum atomic E-state index is 0.429. The Morgan fingerprint density at radius 2 is 2.11 bits per heavy atom. The summed E-state index contributed by atoms with van der Waals surface area (Å²) in [6, 6.07) is 0. The van der Waals surface area contributed by atoms with Crippen molar-refractivity contribution < 1.29 is 0 Å². The normalized spacial score (nSPS) is 18.9. The van der Waals surface area contributed by atoms with Gasteiger partial charge in [-0.1, -0.05) is 27.7 Å². The van der Waals surface area contributed by atoms with E-state index in [1.165, 1.54) is 43.7 Å². The van der Waals surface area contributed by atoms with Crippen molar-refractivity contribution in [2.45, 2.75) is 59.9 Å². The molecule has 0 bridgehead atoms. The Labute approximate surface area is 172 Å². The van der Waals surface area contributed by atoms with Gasteiger partial charge in [0.05, 0.1) is 5.69 Å². The van der Waals surface area contributed by atoms with Gasteiger partial charge in [0.15, 0.2) is 5.96 Å². The van der Waals surface area contributed by atoms with Crippen LogP contribution in [0, 0.1) is 11.8 Å². The van der Waals surface area contributed by atoms with E-state index in [0.29, 0.717) is 11.8 Å². The molecular formula is C22H42N6. The third-order valence-corrected chi connectivity index (χ3v) is 5.31. The molecule has 0 radical (unpaired) electrons. The Kier molecular flexibility index (Phi) is 8.80. The Morgan fingerprint density at radius 3 is 2.75 bits per heavy atom. The van der Waals surface area contributed by atoms with E-state index in [1.54, 1.807) is 0 Å². The van der Waals surface area contributed by atoms with Crippen LogP contribution >= 0.6 is 0 Å². The van der Waals surface area contributed by atoms with E-state index in [2.05, 4.69) is 68.1 Å². The molecule has 0 aromatic carbocycles. The summed E-state index contributed by atoms with van der Waals surface area (Å²) in [6.07, 6.45) is 4.73. The lowest BCUT2D eigenvalue weighted by Crippen LogP contribution is -2.41. The minimum absolute atomic E-state index is 0.429. The van der Waals surface area contributed by atoms with Crippen molar-refractivity contribution in [3.8, 4) is 0 Å². The maximum absolute atomic E-state index is 5.01. The van der Waals surface area contributed by atoms with Crippen LogP contribution in [0.3, 0.4) is 0 Å². The minimum Gasteiger partial charge on any atom is -0.357 e. The number of guanidine groups is 1. The molecule has 1 aromatic heterocycles. The molecule has 1 aromatic rings. The number of aromatic nitrogens is 2. The van der Waals surface area contributed by atoms with Gasteiger partial charge in [0.25, 0.3) is 0 Å². The maximum atomic E-state index is 5.01. The average Bonchev–Trinajstić information content (AvgIpc) is 2.98. The van der Waals surface area contributed by atoms with Gasteiger partial charge in [0, 0.05) is 58.6 Å². The number of aliphatic imine (C=N–C) groups is 1. The summed E-state index contributed by atoms with van der Waals surface area (Å²) >= 11 is 0. The zero-order chi connectivity index (χ0) is 20.7. The first kappa shape index (κ1) is 22.7. The standard InChI is InChI=1S/C22H42N6/c1-8-23-22(24-12-19-10-9-11-28(14-19)13-17(2)3)26(6)15-20-16-27(7)25-21(20)18(4)5/h16-19H,8-15H2,1-7H3,(H,23,24). The second-order valence-electron chi connectivity index (χ2n) is 9.08. The van der Waals surface area contributed by atoms with Gasteiger partial charge in [-0.15, -0.1) is 0 Å². The largest absolute Gasteiger partial charge is 0.357 e. The summed E-state index contributed by atoms with van der Waals surface area (Å²) in [5.74, 6) is 2.83. The number of piperidine rings is 1. The molecule has 6 heteroatoms. The van der Waals surface area contributed by atoms with E-state index < -0.39 is 0 Å². The van der Waals surface area contributed by atoms with Crippen LogP contribution in [-0.4, -0.2) is 65.3 Å². The Hall–Kier alpha value is -1.56. The number of hydrogen-bond donors (Lipinski definition) is 1. The van der Waals surface area contributed by atoms with Crippen molar-refractivity contribution in [2.24, 2.45) is 23.9 Å². The number of hydrogen-bond acceptors (Lipinski definition) is 3. The summed E-state index contributed by atoms with van der Waals surface area (Å²) in [4.78, 5) is 9.86. The van der Waals surface area contributed by atoms with E-state index in [4.69, 9.17) is 4.99 Å². The highest BCUT2D eigenvalue weighted by Gasteiger charge is 2.21. The highest BCUT2D eigenvalue weighted by Crippen LogP contribution is 2.20. The van der Waals surface area contributed by atoms with Gasteiger partial charge in [-0.25, -0.2) is 0 Å². The molecule has 6 nitrogen and oxygen atoms in total. The van der Waals surface area contributed by atoms with Crippen LogP contribution in [0.4, 0.5) is 0 Å². The number of nitrogens with one attached hydrogen (secondary N) is 1. The summed E-state index contributed by atoms with van der Waals surface area (Å²) in [7, 11) is 4.13. The van der Waals surface area contributed by atoms with E-state index in [1.807, 2.05) is 11.7 Å². The van der Waals surface area contributed by atoms with Crippen molar-refractivity contribution in [3.05, 3.63) is 17.5 Å². The van der Waals surface area contributed by atoms with Gasteiger partial charge in [-0.2, -0.15) is 5.10 Å². The highest BCUT2D eigenvalue weighted by molar-refractivity contribution is 5.79. The summed E-state index contributed by atoms with van der Waals surface area (Å²) < 4.78 is 1.92. The molecule has 28 heavy (non-hydrogen) atoms. The van der Waals surface area contributed by atoms with Gasteiger partial charge >= 0.3 is 0 Å². The fourth-order valence-electron chi connectivity index (χ4n) is 4.16. The maximum Gasteiger partial charge on any atom is 0.193 e. The first-order chi connectivity index (χ1) is 13.3. The molecule has 1 aliphatic rings. The van der Waals surface area contributed by atoms with Crippen LogP contribution in [-0.2, 0) is 13.6 Å². The zero-order valence-electron chi connectivity index (χ0n) is 19.2. The molecule has 2 heterocycles. The number of likely N-dealkylation sites (tertiary alicyclic amines) is 1. The molecule has 1 aliphatic heterocycles. The predicted octanol–water partition coefficient (Wildman–Crippen LogP) is 3.31. The third kappa shape index (κ3) is 6.80. The highest BCUT2D eigenvalue weighted by atomic mass is 15.3. The second kappa shape index (κ2) is 10.8. The lowest BCUT2D eigenvalue weighted by Gasteiger charge is -2.33. The molecule has 2 rings (SSSR count). The molecule has 0 aliphatic carbocycles. The van der Waals surface area contributed by atoms with Crippen LogP contribution in [0.1, 0.15) is 64.6 Å². The van der Waals surface area contributed by atoms with Gasteiger partial charge in [0.2, 0.25) is 0 Å². The van der Waals surface area contributed by atoms with Crippen molar-refractivity contribution in [2.75, 3.05) is 39.8 Å². The van der Waals surface area contributed by atoms with E-state index >= 15 is 0 Å². The van der Waals surface area contributed by atoms with Crippen molar-refractivity contribution >= 4 is 5.96 Å². The Morgan fingerprint density at radius 1 is 1.36 bits per heavy atom. The van der Waals surface area contributed by atoms with Crippen LogP contribution in [0.5, 0.6) is 0 Å². The number of nitrogens with zero attached hydrogens (tertiary/aromatic N) is 5. The Balaban J connectivity index is 2.01. The van der Waals surface area contributed by atoms with Gasteiger partial charge in [0.1, 0.15) is 0 Å². The fraction of sp³-hybridized carbons (Fsp3) is 0.818. The smallest absolute Gasteiger partial charge is 0.193 e. The molecule has 0 amide bonds. The predicted molar refractivity (Wildman–Crippen MR) is 119 cm³/mol. The van der Waals surface area contributed by atoms with Crippen LogP contribution in [0.2, 0.25) is 0 Å². The molecule has 1 saturated heterocycles. The van der Waals surface area contributed by atoms with E-state index in [9.17, 15) is 0 Å². The molecule has 0 spiro atoms. The second-order valence-corrected chi connectivity index (χ2v) is 9.08. The van der Waals surface area contributed by atoms with Gasteiger partial charge in [-0.3, -0.25) is 9.67 Å². The fourth-order valence-corrected chi connectivity index (χ4v) is 4.16. The quantitative estimate of drug-likeness (QED) is 0.546. The third-order valence-electron chi connectivity index (χ3n) is 5.31. The first-order valence-corrected chi connectivity index (χ1v) is 11.0. The molecule has 1 unspecified atom stereocenters. The summed E-state index contributed by atoms with van der Waals surface area (Å²) in [5, 5.41) is 8.12. The van der Waals surface area contributed by atoms with Crippen LogP contribution in [0.25, 0.3) is 0 Å². The molecule has 160 valence electrons. The molecule has 1 atom stereocenters. The monoisotopic (exact) mass is 390 g/mol. The zero-order valence-corrected chi connectivity index (χ0v) is 19.2. The molecule has 0 saturated carbocycles. The number of rotatable bonds is 8. The van der Waals surface area contributed by atoms with Crippen LogP contribution in [0.15, 0.2) is 11.2 Å². The van der Waals surface area contributed by atoms with E-state index in [-0.39, 0.29) is 0 Å². The van der Waals surface area contributed by atoms with Gasteiger partial charge in [-0.05, 0) is 44.1 Å².